The van der Waals surface area contributed by atoms with E-state index < -0.39 is 11.9 Å². The van der Waals surface area contributed by atoms with E-state index in [0.717, 1.165) is 92.8 Å². The van der Waals surface area contributed by atoms with Gasteiger partial charge in [0.1, 0.15) is 6.04 Å². The van der Waals surface area contributed by atoms with Crippen LogP contribution in [0.15, 0.2) is 54.2 Å². The molecule has 0 bridgehead atoms. The van der Waals surface area contributed by atoms with Gasteiger partial charge in [-0.1, -0.05) is 31.0 Å². The van der Waals surface area contributed by atoms with Crippen LogP contribution >= 0.6 is 0 Å². The van der Waals surface area contributed by atoms with Crippen LogP contribution < -0.4 is 26.6 Å². The van der Waals surface area contributed by atoms with Crippen molar-refractivity contribution in [3.05, 3.63) is 65.4 Å². The van der Waals surface area contributed by atoms with E-state index in [0.29, 0.717) is 36.9 Å². The summed E-state index contributed by atoms with van der Waals surface area (Å²) < 4.78 is 0. The Balaban J connectivity index is 0.833. The molecule has 4 aliphatic heterocycles. The summed E-state index contributed by atoms with van der Waals surface area (Å²) in [6, 6.07) is 13.8. The van der Waals surface area contributed by atoms with Gasteiger partial charge in [-0.15, -0.1) is 0 Å². The molecule has 3 fully saturated rings. The highest BCUT2D eigenvalue weighted by atomic mass is 16.2. The van der Waals surface area contributed by atoms with E-state index >= 15 is 0 Å². The molecule has 4 amide bonds. The van der Waals surface area contributed by atoms with Gasteiger partial charge in [-0.25, -0.2) is 0 Å². The zero-order chi connectivity index (χ0) is 35.3. The van der Waals surface area contributed by atoms with Crippen LogP contribution in [0.1, 0.15) is 86.6 Å². The van der Waals surface area contributed by atoms with Crippen molar-refractivity contribution in [3.63, 3.8) is 0 Å². The highest BCUT2D eigenvalue weighted by molar-refractivity contribution is 6.06. The molecule has 2 aromatic rings. The number of carbonyl (C=O) groups is 4. The smallest absolute Gasteiger partial charge is 0.255 e. The Labute approximate surface area is 299 Å². The fourth-order valence-corrected chi connectivity index (χ4v) is 8.49. The third-order valence-corrected chi connectivity index (χ3v) is 11.4. The van der Waals surface area contributed by atoms with Gasteiger partial charge in [0, 0.05) is 85.9 Å². The summed E-state index contributed by atoms with van der Waals surface area (Å²) in [7, 11) is 0. The Hall–Kier alpha value is -4.87. The second-order valence-electron chi connectivity index (χ2n) is 14.7. The molecule has 2 saturated heterocycles. The van der Waals surface area contributed by atoms with Gasteiger partial charge in [-0.05, 0) is 75.1 Å². The summed E-state index contributed by atoms with van der Waals surface area (Å²) in [5.74, 6) is -0.0325. The summed E-state index contributed by atoms with van der Waals surface area (Å²) in [6.07, 6.45) is 12.7. The second kappa shape index (κ2) is 15.6. The average molecular weight is 695 g/mol. The quantitative estimate of drug-likeness (QED) is 0.147. The van der Waals surface area contributed by atoms with Crippen LogP contribution in [0, 0.1) is 11.3 Å². The maximum absolute atomic E-state index is 13.3. The summed E-state index contributed by atoms with van der Waals surface area (Å²) >= 11 is 0. The molecule has 4 atom stereocenters. The molecule has 12 heteroatoms. The number of imide groups is 1. The van der Waals surface area contributed by atoms with Gasteiger partial charge in [-0.3, -0.25) is 24.5 Å². The van der Waals surface area contributed by atoms with Crippen LogP contribution in [0.3, 0.4) is 0 Å². The van der Waals surface area contributed by atoms with Gasteiger partial charge in [0.05, 0.1) is 17.4 Å². The van der Waals surface area contributed by atoms with Crippen molar-refractivity contribution < 1.29 is 19.2 Å². The highest BCUT2D eigenvalue weighted by Crippen LogP contribution is 2.36. The van der Waals surface area contributed by atoms with E-state index in [1.165, 1.54) is 12.6 Å². The number of benzene rings is 2. The average Bonchev–Trinajstić information content (AvgIpc) is 3.48. The highest BCUT2D eigenvalue weighted by Gasteiger charge is 2.40. The van der Waals surface area contributed by atoms with Crippen LogP contribution in [0.25, 0.3) is 0 Å². The number of nitrogens with one attached hydrogen (secondary N) is 6. The van der Waals surface area contributed by atoms with E-state index in [1.807, 2.05) is 53.6 Å². The van der Waals surface area contributed by atoms with Crippen molar-refractivity contribution in [3.8, 4) is 0 Å². The molecule has 270 valence electrons. The molecule has 0 aromatic heterocycles. The molecule has 51 heavy (non-hydrogen) atoms. The van der Waals surface area contributed by atoms with Gasteiger partial charge in [0.25, 0.3) is 5.91 Å². The number of anilines is 3. The molecule has 5 aliphatic rings. The minimum atomic E-state index is -0.620. The van der Waals surface area contributed by atoms with Gasteiger partial charge in [0.15, 0.2) is 0 Å². The molecule has 1 aliphatic carbocycles. The lowest BCUT2D eigenvalue weighted by atomic mass is 9.82. The summed E-state index contributed by atoms with van der Waals surface area (Å²) in [6.45, 7) is 2.58. The maximum atomic E-state index is 13.3. The molecule has 4 heterocycles. The van der Waals surface area contributed by atoms with Crippen molar-refractivity contribution in [2.45, 2.75) is 101 Å². The van der Waals surface area contributed by atoms with Crippen LogP contribution in [0.2, 0.25) is 0 Å². The number of carbonyl (C=O) groups excluding carboxylic acids is 4. The first-order valence-corrected chi connectivity index (χ1v) is 18.7. The van der Waals surface area contributed by atoms with Crippen molar-refractivity contribution in [2.75, 3.05) is 35.6 Å². The first-order chi connectivity index (χ1) is 24.9. The molecule has 6 N–H and O–H groups in total. The Kier molecular flexibility index (Phi) is 10.6. The minimum Gasteiger partial charge on any atom is -0.388 e. The molecule has 0 spiro atoms. The molecule has 2 aromatic carbocycles. The number of nitrogens with zero attached hydrogens (tertiary/aromatic N) is 2. The molecule has 12 nitrogen and oxygen atoms in total. The number of para-hydroxylation sites is 2. The number of fused-ring (bicyclic) bond motifs is 2. The summed E-state index contributed by atoms with van der Waals surface area (Å²) in [5, 5.41) is 24.6. The molecule has 4 unspecified atom stereocenters. The van der Waals surface area contributed by atoms with Crippen LogP contribution in [-0.4, -0.2) is 83.4 Å². The lowest BCUT2D eigenvalue weighted by Gasteiger charge is -2.33. The number of amides is 4. The summed E-state index contributed by atoms with van der Waals surface area (Å²) in [4.78, 5) is 54.2. The molecular weight excluding hydrogens is 644 g/mol. The first kappa shape index (κ1) is 34.6. The minimum absolute atomic E-state index is 0.0179. The van der Waals surface area contributed by atoms with Crippen LogP contribution in [0.4, 0.5) is 17.1 Å². The number of piperidine rings is 2. The molecule has 7 rings (SSSR count). The van der Waals surface area contributed by atoms with Crippen LogP contribution in [0.5, 0.6) is 0 Å². The van der Waals surface area contributed by atoms with Gasteiger partial charge >= 0.3 is 0 Å². The third-order valence-electron chi connectivity index (χ3n) is 11.4. The fraction of sp³-hybridized carbons (Fsp3) is 0.513. The van der Waals surface area contributed by atoms with Crippen molar-refractivity contribution in [1.82, 2.24) is 20.4 Å². The van der Waals surface area contributed by atoms with Gasteiger partial charge in [0.2, 0.25) is 17.7 Å². The number of hydrogen-bond donors (Lipinski definition) is 6. The SMILES string of the molecule is N=C/C(=C\NC1CCN(C(=O)CCCC2CCCC(Nc3cccc4c3CN(C3CCC(=O)NC3=O)C4=O)C2)CC1)C1CNc2ccccc2N1. The van der Waals surface area contributed by atoms with Gasteiger partial charge in [-0.2, -0.15) is 0 Å². The van der Waals surface area contributed by atoms with E-state index in [4.69, 9.17) is 5.41 Å². The van der Waals surface area contributed by atoms with E-state index in [2.05, 4.69) is 26.6 Å². The monoisotopic (exact) mass is 694 g/mol. The van der Waals surface area contributed by atoms with E-state index in [1.54, 1.807) is 4.90 Å². The summed E-state index contributed by atoms with van der Waals surface area (Å²) in [5.41, 5.74) is 5.53. The van der Waals surface area contributed by atoms with E-state index in [-0.39, 0.29) is 36.2 Å². The standard InChI is InChI=1S/C39H50N8O4/c40-21-26(34-23-42-32-10-1-2-11-33(32)44-34)22-41-27-16-18-46(19-17-27)37(49)13-4-7-25-6-3-8-28(20-25)43-31-12-5-9-29-30(31)24-47(39(29)51)35-14-15-36(48)45-38(35)50/h1-2,5,9-12,21-22,25,27-28,34-35,40-44H,3-4,6-8,13-20,23-24H2,(H,45,48,50)/b26-22+,40-21?. The Morgan fingerprint density at radius 2 is 1.78 bits per heavy atom. The fourth-order valence-electron chi connectivity index (χ4n) is 8.49. The Morgan fingerprint density at radius 3 is 2.59 bits per heavy atom. The Morgan fingerprint density at radius 1 is 0.961 bits per heavy atom. The van der Waals surface area contributed by atoms with Crippen LogP contribution in [-0.2, 0) is 20.9 Å². The Bertz CT molecular complexity index is 1680. The largest absolute Gasteiger partial charge is 0.388 e. The number of rotatable bonds is 11. The lowest BCUT2D eigenvalue weighted by molar-refractivity contribution is -0.137. The molecular formula is C39H50N8O4. The normalized spacial score (nSPS) is 25.3. The lowest BCUT2D eigenvalue weighted by Crippen LogP contribution is -2.52. The van der Waals surface area contributed by atoms with E-state index in [9.17, 15) is 19.2 Å². The molecule has 0 radical (unpaired) electrons. The maximum Gasteiger partial charge on any atom is 0.255 e. The zero-order valence-electron chi connectivity index (χ0n) is 29.2. The predicted octanol–water partition coefficient (Wildman–Crippen LogP) is 4.61. The second-order valence-corrected chi connectivity index (χ2v) is 14.7. The predicted molar refractivity (Wildman–Crippen MR) is 198 cm³/mol. The van der Waals surface area contributed by atoms with Crippen molar-refractivity contribution >= 4 is 46.9 Å². The topological polar surface area (TPSA) is 159 Å². The van der Waals surface area contributed by atoms with Crippen molar-refractivity contribution in [2.24, 2.45) is 5.92 Å². The molecule has 1 saturated carbocycles. The van der Waals surface area contributed by atoms with Gasteiger partial charge < -0.3 is 36.5 Å². The number of likely N-dealkylation sites (tertiary alicyclic amines) is 1. The number of hydrogen-bond acceptors (Lipinski definition) is 9. The van der Waals surface area contributed by atoms with Crippen molar-refractivity contribution in [1.29, 1.82) is 5.41 Å². The zero-order valence-corrected chi connectivity index (χ0v) is 29.2. The first-order valence-electron chi connectivity index (χ1n) is 18.7. The third kappa shape index (κ3) is 7.89.